The van der Waals surface area contributed by atoms with Crippen LogP contribution >= 0.6 is 34.9 Å². The van der Waals surface area contributed by atoms with Crippen molar-refractivity contribution in [2.75, 3.05) is 30.1 Å². The number of aromatic nitrogens is 2. The molecule has 0 spiro atoms. The van der Waals surface area contributed by atoms with Gasteiger partial charge < -0.3 is 16.0 Å². The van der Waals surface area contributed by atoms with E-state index in [-0.39, 0.29) is 16.9 Å². The van der Waals surface area contributed by atoms with Crippen LogP contribution in [0.3, 0.4) is 0 Å². The van der Waals surface area contributed by atoms with Crippen molar-refractivity contribution < 1.29 is 9.59 Å². The van der Waals surface area contributed by atoms with Crippen molar-refractivity contribution in [3.63, 3.8) is 0 Å². The molecule has 0 saturated heterocycles. The van der Waals surface area contributed by atoms with E-state index in [2.05, 4.69) is 15.5 Å². The minimum Gasteiger partial charge on any atom is -0.378 e. The zero-order chi connectivity index (χ0) is 18.4. The summed E-state index contributed by atoms with van der Waals surface area (Å²) in [6, 6.07) is 7.63. The summed E-state index contributed by atoms with van der Waals surface area (Å²) < 4.78 is 1.34. The molecule has 1 unspecified atom stereocenters. The molecule has 0 aliphatic rings. The lowest BCUT2D eigenvalue weighted by atomic mass is 10.2. The van der Waals surface area contributed by atoms with Crippen molar-refractivity contribution in [1.82, 2.24) is 10.2 Å². The molecule has 10 heteroatoms. The summed E-state index contributed by atoms with van der Waals surface area (Å²) in [5, 5.41) is 10.6. The number of amides is 2. The molecule has 0 bridgehead atoms. The molecule has 7 nitrogen and oxygen atoms in total. The standard InChI is InChI=1S/C15H19N5O2S3/c1-9(24-15-19-18-14(25-15)23-8-12(16)21)13(22)17-10-4-6-11(7-5-10)20(2)3/h4-7,9H,8H2,1-3H3,(H2,16,21)(H,17,22). The third kappa shape index (κ3) is 6.22. The van der Waals surface area contributed by atoms with Gasteiger partial charge in [0.2, 0.25) is 11.8 Å². The van der Waals surface area contributed by atoms with E-state index < -0.39 is 5.91 Å². The zero-order valence-electron chi connectivity index (χ0n) is 14.1. The third-order valence-corrected chi connectivity index (χ3v) is 6.29. The summed E-state index contributed by atoms with van der Waals surface area (Å²) in [7, 11) is 3.93. The van der Waals surface area contributed by atoms with E-state index in [1.165, 1.54) is 34.9 Å². The molecule has 1 aromatic carbocycles. The Labute approximate surface area is 158 Å². The molecule has 0 fully saturated rings. The Kier molecular flexibility index (Phi) is 7.09. The Morgan fingerprint density at radius 3 is 2.48 bits per heavy atom. The Morgan fingerprint density at radius 1 is 1.24 bits per heavy atom. The maximum absolute atomic E-state index is 12.3. The molecule has 1 heterocycles. The number of carbonyl (C=O) groups is 2. The largest absolute Gasteiger partial charge is 0.378 e. The first kappa shape index (κ1) is 19.5. The average Bonchev–Trinajstić information content (AvgIpc) is 3.00. The fourth-order valence-corrected chi connectivity index (χ4v) is 4.63. The number of nitrogens with two attached hydrogens (primary N) is 1. The molecule has 1 aromatic heterocycles. The van der Waals surface area contributed by atoms with Gasteiger partial charge in [0, 0.05) is 25.5 Å². The first-order valence-corrected chi connectivity index (χ1v) is 10.0. The lowest BCUT2D eigenvalue weighted by molar-refractivity contribution is -0.116. The summed E-state index contributed by atoms with van der Waals surface area (Å²) in [5.74, 6) is -0.343. The second-order valence-electron chi connectivity index (χ2n) is 5.28. The van der Waals surface area contributed by atoms with Crippen molar-refractivity contribution in [2.24, 2.45) is 5.73 Å². The van der Waals surface area contributed by atoms with E-state index >= 15 is 0 Å². The topological polar surface area (TPSA) is 101 Å². The fourth-order valence-electron chi connectivity index (χ4n) is 1.73. The molecule has 0 radical (unpaired) electrons. The van der Waals surface area contributed by atoms with E-state index in [1.807, 2.05) is 50.2 Å². The molecule has 1 atom stereocenters. The fraction of sp³-hybridized carbons (Fsp3) is 0.333. The molecule has 25 heavy (non-hydrogen) atoms. The van der Waals surface area contributed by atoms with Crippen molar-refractivity contribution >= 4 is 58.0 Å². The van der Waals surface area contributed by atoms with Crippen molar-refractivity contribution in [1.29, 1.82) is 0 Å². The maximum Gasteiger partial charge on any atom is 0.237 e. The maximum atomic E-state index is 12.3. The monoisotopic (exact) mass is 397 g/mol. The molecular formula is C15H19N5O2S3. The van der Waals surface area contributed by atoms with Gasteiger partial charge in [-0.25, -0.2) is 0 Å². The highest BCUT2D eigenvalue weighted by atomic mass is 32.2. The van der Waals surface area contributed by atoms with Crippen LogP contribution in [0.2, 0.25) is 0 Å². The lowest BCUT2D eigenvalue weighted by Crippen LogP contribution is -2.22. The number of benzene rings is 1. The lowest BCUT2D eigenvalue weighted by Gasteiger charge is -2.14. The van der Waals surface area contributed by atoms with Crippen molar-refractivity contribution in [3.8, 4) is 0 Å². The predicted octanol–water partition coefficient (Wildman–Crippen LogP) is 2.30. The quantitative estimate of drug-likeness (QED) is 0.659. The molecule has 2 rings (SSSR count). The van der Waals surface area contributed by atoms with E-state index in [1.54, 1.807) is 0 Å². The second kappa shape index (κ2) is 9.07. The summed E-state index contributed by atoms with van der Waals surface area (Å²) in [6.07, 6.45) is 0. The first-order chi connectivity index (χ1) is 11.8. The van der Waals surface area contributed by atoms with Gasteiger partial charge in [-0.1, -0.05) is 34.9 Å². The van der Waals surface area contributed by atoms with Gasteiger partial charge in [-0.2, -0.15) is 0 Å². The second-order valence-corrected chi connectivity index (χ2v) is 9.07. The van der Waals surface area contributed by atoms with Gasteiger partial charge in [-0.15, -0.1) is 10.2 Å². The van der Waals surface area contributed by atoms with Crippen molar-refractivity contribution in [3.05, 3.63) is 24.3 Å². The van der Waals surface area contributed by atoms with Gasteiger partial charge >= 0.3 is 0 Å². The number of rotatable bonds is 8. The van der Waals surface area contributed by atoms with Crippen LogP contribution in [0.15, 0.2) is 32.9 Å². The van der Waals surface area contributed by atoms with E-state index in [4.69, 9.17) is 5.73 Å². The molecular weight excluding hydrogens is 378 g/mol. The Bertz CT molecular complexity index is 733. The number of hydrogen-bond acceptors (Lipinski definition) is 8. The van der Waals surface area contributed by atoms with Gasteiger partial charge in [0.15, 0.2) is 8.68 Å². The Balaban J connectivity index is 1.88. The first-order valence-electron chi connectivity index (χ1n) is 7.34. The van der Waals surface area contributed by atoms with E-state index in [0.717, 1.165) is 11.4 Å². The summed E-state index contributed by atoms with van der Waals surface area (Å²) in [6.45, 7) is 1.81. The third-order valence-electron chi connectivity index (χ3n) is 3.02. The average molecular weight is 398 g/mol. The minimum atomic E-state index is -0.401. The Morgan fingerprint density at radius 2 is 1.88 bits per heavy atom. The smallest absolute Gasteiger partial charge is 0.237 e. The normalized spacial score (nSPS) is 11.8. The number of hydrogen-bond donors (Lipinski definition) is 2. The van der Waals surface area contributed by atoms with Crippen LogP contribution in [-0.4, -0.2) is 47.1 Å². The minimum absolute atomic E-state index is 0.107. The molecule has 0 aliphatic carbocycles. The van der Waals surface area contributed by atoms with E-state index in [9.17, 15) is 9.59 Å². The molecule has 0 saturated carbocycles. The highest BCUT2D eigenvalue weighted by Gasteiger charge is 2.17. The van der Waals surface area contributed by atoms with Gasteiger partial charge in [0.1, 0.15) is 0 Å². The zero-order valence-corrected chi connectivity index (χ0v) is 16.5. The molecule has 134 valence electrons. The Hall–Kier alpha value is -1.78. The number of thioether (sulfide) groups is 2. The van der Waals surface area contributed by atoms with Gasteiger partial charge in [0.25, 0.3) is 0 Å². The predicted molar refractivity (Wildman–Crippen MR) is 105 cm³/mol. The highest BCUT2D eigenvalue weighted by Crippen LogP contribution is 2.31. The van der Waals surface area contributed by atoms with Crippen LogP contribution in [0, 0.1) is 0 Å². The number of anilines is 2. The van der Waals surface area contributed by atoms with Crippen LogP contribution in [0.25, 0.3) is 0 Å². The van der Waals surface area contributed by atoms with Crippen LogP contribution in [0.5, 0.6) is 0 Å². The molecule has 2 amide bonds. The van der Waals surface area contributed by atoms with Crippen molar-refractivity contribution in [2.45, 2.75) is 20.9 Å². The number of carbonyl (C=O) groups excluding carboxylic acids is 2. The summed E-state index contributed by atoms with van der Waals surface area (Å²) in [5.41, 5.74) is 6.92. The van der Waals surface area contributed by atoms with Crippen LogP contribution in [-0.2, 0) is 9.59 Å². The summed E-state index contributed by atoms with van der Waals surface area (Å²) >= 11 is 3.92. The van der Waals surface area contributed by atoms with Crippen LogP contribution in [0.1, 0.15) is 6.92 Å². The van der Waals surface area contributed by atoms with Gasteiger partial charge in [0.05, 0.1) is 11.0 Å². The van der Waals surface area contributed by atoms with Gasteiger partial charge in [-0.05, 0) is 31.2 Å². The highest BCUT2D eigenvalue weighted by molar-refractivity contribution is 8.04. The summed E-state index contributed by atoms with van der Waals surface area (Å²) in [4.78, 5) is 25.1. The molecule has 3 N–H and O–H groups in total. The number of primary amides is 1. The SMILES string of the molecule is CC(Sc1nnc(SCC(N)=O)s1)C(=O)Nc1ccc(N(C)C)cc1. The molecule has 0 aliphatic heterocycles. The van der Waals surface area contributed by atoms with Gasteiger partial charge in [-0.3, -0.25) is 9.59 Å². The number of nitrogens with one attached hydrogen (secondary N) is 1. The molecule has 2 aromatic rings. The van der Waals surface area contributed by atoms with Crippen LogP contribution in [0.4, 0.5) is 11.4 Å². The van der Waals surface area contributed by atoms with E-state index in [0.29, 0.717) is 8.68 Å². The van der Waals surface area contributed by atoms with Crippen LogP contribution < -0.4 is 16.0 Å². The number of nitrogens with zero attached hydrogens (tertiary/aromatic N) is 3.